The van der Waals surface area contributed by atoms with Crippen molar-refractivity contribution in [2.45, 2.75) is 45.3 Å². The van der Waals surface area contributed by atoms with Gasteiger partial charge < -0.3 is 4.57 Å². The van der Waals surface area contributed by atoms with E-state index in [2.05, 4.69) is 4.98 Å². The molecular formula is C15H18ClF3N2. The Hall–Kier alpha value is -1.23. The van der Waals surface area contributed by atoms with E-state index >= 15 is 0 Å². The quantitative estimate of drug-likeness (QED) is 0.549. The molecule has 21 heavy (non-hydrogen) atoms. The van der Waals surface area contributed by atoms with Gasteiger partial charge in [0.05, 0.1) is 11.0 Å². The van der Waals surface area contributed by atoms with Crippen LogP contribution >= 0.6 is 11.6 Å². The molecule has 0 aliphatic rings. The number of fused-ring (bicyclic) bond motifs is 1. The lowest BCUT2D eigenvalue weighted by Crippen LogP contribution is -2.09. The molecule has 0 bridgehead atoms. The summed E-state index contributed by atoms with van der Waals surface area (Å²) in [6, 6.07) is 5.84. The number of hydrogen-bond acceptors (Lipinski definition) is 1. The fraction of sp³-hybridized carbons (Fsp3) is 0.533. The summed E-state index contributed by atoms with van der Waals surface area (Å²) in [5, 5.41) is 0. The third-order valence-electron chi connectivity index (χ3n) is 3.46. The van der Waals surface area contributed by atoms with E-state index in [0.717, 1.165) is 22.4 Å². The molecule has 0 saturated heterocycles. The van der Waals surface area contributed by atoms with Gasteiger partial charge in [-0.25, -0.2) is 4.98 Å². The average Bonchev–Trinajstić information content (AvgIpc) is 2.73. The summed E-state index contributed by atoms with van der Waals surface area (Å²) in [5.41, 5.74) is 2.97. The fourth-order valence-corrected chi connectivity index (χ4v) is 2.69. The highest BCUT2D eigenvalue weighted by Crippen LogP contribution is 2.24. The third-order valence-corrected chi connectivity index (χ3v) is 3.65. The minimum absolute atomic E-state index is 0.134. The van der Waals surface area contributed by atoms with E-state index in [1.807, 2.05) is 29.7 Å². The zero-order chi connectivity index (χ0) is 15.5. The molecule has 0 radical (unpaired) electrons. The number of alkyl halides is 4. The van der Waals surface area contributed by atoms with E-state index in [4.69, 9.17) is 11.6 Å². The Kier molecular flexibility index (Phi) is 5.14. The Morgan fingerprint density at radius 3 is 2.67 bits per heavy atom. The topological polar surface area (TPSA) is 17.8 Å². The van der Waals surface area contributed by atoms with Crippen molar-refractivity contribution in [3.05, 3.63) is 29.6 Å². The first kappa shape index (κ1) is 16.1. The summed E-state index contributed by atoms with van der Waals surface area (Å²) < 4.78 is 38.6. The maximum Gasteiger partial charge on any atom is 0.389 e. The summed E-state index contributed by atoms with van der Waals surface area (Å²) in [7, 11) is 0. The van der Waals surface area contributed by atoms with Gasteiger partial charge in [-0.05, 0) is 31.4 Å². The molecule has 0 aliphatic heterocycles. The number of benzene rings is 1. The number of rotatable bonds is 6. The lowest BCUT2D eigenvalue weighted by Gasteiger charge is -2.11. The third kappa shape index (κ3) is 4.13. The molecule has 1 aromatic heterocycles. The van der Waals surface area contributed by atoms with Crippen LogP contribution in [0.3, 0.4) is 0 Å². The van der Waals surface area contributed by atoms with E-state index in [0.29, 0.717) is 25.3 Å². The number of nitrogens with zero attached hydrogens (tertiary/aromatic N) is 2. The van der Waals surface area contributed by atoms with Gasteiger partial charge in [-0.3, -0.25) is 0 Å². The van der Waals surface area contributed by atoms with Crippen molar-refractivity contribution < 1.29 is 13.2 Å². The second-order valence-corrected chi connectivity index (χ2v) is 5.51. The Bertz CT molecular complexity index is 605. The van der Waals surface area contributed by atoms with E-state index in [-0.39, 0.29) is 6.42 Å². The SMILES string of the molecule is Cc1cccc2nc(CCCl)n(CCCCC(F)(F)F)c12. The van der Waals surface area contributed by atoms with Gasteiger partial charge in [-0.15, -0.1) is 11.6 Å². The van der Waals surface area contributed by atoms with Gasteiger partial charge in [-0.1, -0.05) is 12.1 Å². The van der Waals surface area contributed by atoms with Crippen LogP contribution in [0.2, 0.25) is 0 Å². The highest BCUT2D eigenvalue weighted by atomic mass is 35.5. The number of hydrogen-bond donors (Lipinski definition) is 0. The van der Waals surface area contributed by atoms with Crippen LogP contribution in [0, 0.1) is 6.92 Å². The van der Waals surface area contributed by atoms with E-state index < -0.39 is 12.6 Å². The molecule has 2 rings (SSSR count). The molecular weight excluding hydrogens is 301 g/mol. The van der Waals surface area contributed by atoms with Crippen LogP contribution in [0.4, 0.5) is 13.2 Å². The second kappa shape index (κ2) is 6.69. The Morgan fingerprint density at radius 1 is 1.24 bits per heavy atom. The summed E-state index contributed by atoms with van der Waals surface area (Å²) in [5.74, 6) is 1.30. The molecule has 0 aliphatic carbocycles. The predicted octanol–water partition coefficient (Wildman–Crippen LogP) is 4.86. The lowest BCUT2D eigenvalue weighted by molar-refractivity contribution is -0.135. The second-order valence-electron chi connectivity index (χ2n) is 5.13. The van der Waals surface area contributed by atoms with Crippen LogP contribution in [0.5, 0.6) is 0 Å². The first-order valence-corrected chi connectivity index (χ1v) is 7.53. The Labute approximate surface area is 126 Å². The van der Waals surface area contributed by atoms with Crippen molar-refractivity contribution in [3.63, 3.8) is 0 Å². The van der Waals surface area contributed by atoms with Crippen LogP contribution in [0.15, 0.2) is 18.2 Å². The van der Waals surface area contributed by atoms with Crippen molar-refractivity contribution in [2.75, 3.05) is 5.88 Å². The van der Waals surface area contributed by atoms with Gasteiger partial charge in [-0.2, -0.15) is 13.2 Å². The van der Waals surface area contributed by atoms with E-state index in [9.17, 15) is 13.2 Å². The van der Waals surface area contributed by atoms with E-state index in [1.165, 1.54) is 0 Å². The van der Waals surface area contributed by atoms with Crippen LogP contribution in [0.1, 0.15) is 30.7 Å². The number of unbranched alkanes of at least 4 members (excludes halogenated alkanes) is 1. The standard InChI is InChI=1S/C15H18ClF3N2/c1-11-5-4-6-12-14(11)21(13(20-12)7-9-16)10-3-2-8-15(17,18)19/h4-6H,2-3,7-10H2,1H3. The number of halogens is 4. The van der Waals surface area contributed by atoms with Crippen molar-refractivity contribution in [1.82, 2.24) is 9.55 Å². The van der Waals surface area contributed by atoms with Crippen molar-refractivity contribution in [2.24, 2.45) is 0 Å². The smallest absolute Gasteiger partial charge is 0.328 e. The summed E-state index contributed by atoms with van der Waals surface area (Å²) >= 11 is 5.79. The van der Waals surface area contributed by atoms with E-state index in [1.54, 1.807) is 0 Å². The molecule has 0 atom stereocenters. The molecule has 2 nitrogen and oxygen atoms in total. The molecule has 0 amide bonds. The molecule has 6 heteroatoms. The van der Waals surface area contributed by atoms with Gasteiger partial charge in [0.25, 0.3) is 0 Å². The predicted molar refractivity (Wildman–Crippen MR) is 78.8 cm³/mol. The van der Waals surface area contributed by atoms with Crippen molar-refractivity contribution in [1.29, 1.82) is 0 Å². The molecule has 2 aromatic rings. The number of aryl methyl sites for hydroxylation is 3. The summed E-state index contributed by atoms with van der Waals surface area (Å²) in [4.78, 5) is 4.55. The monoisotopic (exact) mass is 318 g/mol. The van der Waals surface area contributed by atoms with Gasteiger partial charge in [0.1, 0.15) is 5.82 Å². The van der Waals surface area contributed by atoms with Crippen LogP contribution in [-0.2, 0) is 13.0 Å². The Morgan fingerprint density at radius 2 is 2.00 bits per heavy atom. The molecule has 116 valence electrons. The molecule has 0 saturated carbocycles. The van der Waals surface area contributed by atoms with Crippen molar-refractivity contribution >= 4 is 22.6 Å². The molecule has 0 unspecified atom stereocenters. The molecule has 1 aromatic carbocycles. The molecule has 0 fully saturated rings. The molecule has 0 N–H and O–H groups in total. The van der Waals surface area contributed by atoms with Gasteiger partial charge in [0.15, 0.2) is 0 Å². The largest absolute Gasteiger partial charge is 0.389 e. The Balaban J connectivity index is 2.18. The summed E-state index contributed by atoms with van der Waals surface area (Å²) in [6.45, 7) is 2.53. The first-order chi connectivity index (χ1) is 9.92. The number of para-hydroxylation sites is 1. The zero-order valence-electron chi connectivity index (χ0n) is 11.9. The zero-order valence-corrected chi connectivity index (χ0v) is 12.6. The normalized spacial score (nSPS) is 12.2. The highest BCUT2D eigenvalue weighted by molar-refractivity contribution is 6.17. The lowest BCUT2D eigenvalue weighted by atomic mass is 10.2. The van der Waals surface area contributed by atoms with Gasteiger partial charge in [0, 0.05) is 25.3 Å². The number of aromatic nitrogens is 2. The molecule has 0 spiro atoms. The minimum atomic E-state index is -4.08. The van der Waals surface area contributed by atoms with Crippen LogP contribution in [-0.4, -0.2) is 21.6 Å². The maximum atomic E-state index is 12.2. The minimum Gasteiger partial charge on any atom is -0.328 e. The summed E-state index contributed by atoms with van der Waals surface area (Å²) in [6.07, 6.45) is -3.58. The van der Waals surface area contributed by atoms with Crippen LogP contribution in [0.25, 0.3) is 11.0 Å². The van der Waals surface area contributed by atoms with Gasteiger partial charge in [0.2, 0.25) is 0 Å². The number of imidazole rings is 1. The van der Waals surface area contributed by atoms with Crippen LogP contribution < -0.4 is 0 Å². The highest BCUT2D eigenvalue weighted by Gasteiger charge is 2.26. The van der Waals surface area contributed by atoms with Gasteiger partial charge >= 0.3 is 6.18 Å². The fourth-order valence-electron chi connectivity index (χ4n) is 2.52. The average molecular weight is 319 g/mol. The first-order valence-electron chi connectivity index (χ1n) is 7.00. The molecule has 1 heterocycles. The maximum absolute atomic E-state index is 12.2. The van der Waals surface area contributed by atoms with Crippen molar-refractivity contribution in [3.8, 4) is 0 Å².